The smallest absolute Gasteiger partial charge is 0.128 e. The van der Waals surface area contributed by atoms with E-state index in [9.17, 15) is 0 Å². The Morgan fingerprint density at radius 2 is 1.26 bits per heavy atom. The molecule has 2 aliphatic rings. The molecule has 164 valence electrons. The minimum absolute atomic E-state index is 0.405. The summed E-state index contributed by atoms with van der Waals surface area (Å²) in [5.74, 6) is 0.934. The second-order valence-corrected chi connectivity index (χ2v) is 8.34. The molecule has 31 heavy (non-hydrogen) atoms. The van der Waals surface area contributed by atoms with Crippen molar-refractivity contribution in [3.8, 4) is 0 Å². The second kappa shape index (κ2) is 9.46. The molecule has 0 saturated carbocycles. The number of hydrogen-bond donors (Lipinski definition) is 0. The zero-order valence-corrected chi connectivity index (χ0v) is 19.2. The topological polar surface area (TPSA) is 25.3 Å². The highest BCUT2D eigenvalue weighted by molar-refractivity contribution is 5.85. The van der Waals surface area contributed by atoms with Crippen LogP contribution in [0.1, 0.15) is 39.2 Å². The maximum absolute atomic E-state index is 4.60. The van der Waals surface area contributed by atoms with E-state index in [1.807, 2.05) is 6.34 Å². The normalized spacial score (nSPS) is 16.7. The zero-order chi connectivity index (χ0) is 21.8. The third-order valence-electron chi connectivity index (χ3n) is 6.60. The summed E-state index contributed by atoms with van der Waals surface area (Å²) >= 11 is 0. The van der Waals surface area contributed by atoms with Crippen LogP contribution in [0.4, 0.5) is 17.1 Å². The van der Waals surface area contributed by atoms with E-state index in [1.165, 1.54) is 16.9 Å². The molecule has 4 rings (SSSR count). The molecule has 0 amide bonds. The largest absolute Gasteiger partial charge is 0.368 e. The summed E-state index contributed by atoms with van der Waals surface area (Å²) in [6.45, 7) is 15.1. The molecule has 5 nitrogen and oxygen atoms in total. The minimum atomic E-state index is 0.405. The summed E-state index contributed by atoms with van der Waals surface area (Å²) in [5.41, 5.74) is 5.13. The van der Waals surface area contributed by atoms with Gasteiger partial charge in [0.25, 0.3) is 0 Å². The number of nitrogens with zero attached hydrogens (tertiary/aromatic N) is 5. The summed E-state index contributed by atoms with van der Waals surface area (Å²) in [4.78, 5) is 7.05. The van der Waals surface area contributed by atoms with Crippen molar-refractivity contribution in [2.24, 2.45) is 5.10 Å². The Balaban J connectivity index is 1.36. The third kappa shape index (κ3) is 4.41. The van der Waals surface area contributed by atoms with E-state index in [2.05, 4.69) is 101 Å². The lowest BCUT2D eigenvalue weighted by Gasteiger charge is -2.37. The average molecular weight is 418 g/mol. The lowest BCUT2D eigenvalue weighted by molar-refractivity contribution is 0.261. The molecule has 1 saturated heterocycles. The van der Waals surface area contributed by atoms with Gasteiger partial charge in [-0.15, -0.1) is 0 Å². The fourth-order valence-electron chi connectivity index (χ4n) is 4.50. The van der Waals surface area contributed by atoms with Crippen molar-refractivity contribution in [2.45, 2.75) is 46.1 Å². The molecule has 0 aromatic heterocycles. The van der Waals surface area contributed by atoms with Gasteiger partial charge in [-0.1, -0.05) is 39.5 Å². The van der Waals surface area contributed by atoms with Gasteiger partial charge in [0.05, 0.1) is 6.04 Å². The number of hydrogen-bond acceptors (Lipinski definition) is 5. The Bertz CT molecular complexity index is 890. The maximum atomic E-state index is 4.60. The van der Waals surface area contributed by atoms with E-state index in [4.69, 9.17) is 0 Å². The number of anilines is 3. The van der Waals surface area contributed by atoms with E-state index >= 15 is 0 Å². The summed E-state index contributed by atoms with van der Waals surface area (Å²) in [7, 11) is 0. The molecule has 2 aliphatic heterocycles. The molecule has 5 heteroatoms. The number of hydrazone groups is 1. The molecule has 0 spiro atoms. The monoisotopic (exact) mass is 417 g/mol. The van der Waals surface area contributed by atoms with Gasteiger partial charge >= 0.3 is 0 Å². The molecule has 1 fully saturated rings. The van der Waals surface area contributed by atoms with Crippen LogP contribution in [0.5, 0.6) is 0 Å². The number of rotatable bonds is 7. The number of benzene rings is 2. The van der Waals surface area contributed by atoms with E-state index in [1.54, 1.807) is 0 Å². The lowest BCUT2D eigenvalue weighted by Crippen LogP contribution is -2.46. The highest BCUT2D eigenvalue weighted by Gasteiger charge is 2.26. The molecule has 0 unspecified atom stereocenters. The van der Waals surface area contributed by atoms with Gasteiger partial charge in [-0.3, -0.25) is 4.90 Å². The molecule has 2 aromatic carbocycles. The fraction of sp³-hybridized carbons (Fsp3) is 0.423. The molecular weight excluding hydrogens is 382 g/mol. The van der Waals surface area contributed by atoms with Crippen LogP contribution in [0.2, 0.25) is 0 Å². The van der Waals surface area contributed by atoms with Crippen LogP contribution in [-0.2, 0) is 6.42 Å². The molecule has 0 aliphatic carbocycles. The van der Waals surface area contributed by atoms with Crippen LogP contribution in [0.3, 0.4) is 0 Å². The van der Waals surface area contributed by atoms with Crippen LogP contribution in [0, 0.1) is 0 Å². The van der Waals surface area contributed by atoms with Crippen LogP contribution in [-0.4, -0.2) is 43.6 Å². The highest BCUT2D eigenvalue weighted by atomic mass is 15.6. The molecule has 0 bridgehead atoms. The average Bonchev–Trinajstić information content (AvgIpc) is 3.21. The van der Waals surface area contributed by atoms with E-state index in [0.717, 1.165) is 56.9 Å². The van der Waals surface area contributed by atoms with Gasteiger partial charge in [-0.2, -0.15) is 5.10 Å². The summed E-state index contributed by atoms with van der Waals surface area (Å²) in [5, 5.41) is 6.65. The van der Waals surface area contributed by atoms with Crippen molar-refractivity contribution in [3.05, 3.63) is 66.5 Å². The van der Waals surface area contributed by atoms with Gasteiger partial charge in [0.15, 0.2) is 0 Å². The fourth-order valence-corrected chi connectivity index (χ4v) is 4.50. The predicted octanol–water partition coefficient (Wildman–Crippen LogP) is 5.30. The first-order valence-electron chi connectivity index (χ1n) is 11.6. The van der Waals surface area contributed by atoms with Crippen LogP contribution < -0.4 is 14.7 Å². The summed E-state index contributed by atoms with van der Waals surface area (Å²) in [6, 6.07) is 18.2. The zero-order valence-electron chi connectivity index (χ0n) is 19.2. The molecule has 2 heterocycles. The standard InChI is InChI=1S/C26H35N5/c1-5-22-8-10-24(11-9-22)28-16-18-29(19-17-28)25-12-14-26(15-13-25)30-20-27-31(21(30)4)23(6-2)7-3/h8-15,20,23H,4-7,16-19H2,1-3H3. The molecule has 0 radical (unpaired) electrons. The Morgan fingerprint density at radius 1 is 0.774 bits per heavy atom. The lowest BCUT2D eigenvalue weighted by atomic mass is 10.1. The van der Waals surface area contributed by atoms with Crippen molar-refractivity contribution in [3.63, 3.8) is 0 Å². The Hall–Kier alpha value is -2.95. The second-order valence-electron chi connectivity index (χ2n) is 8.34. The van der Waals surface area contributed by atoms with Gasteiger partial charge < -0.3 is 9.80 Å². The molecule has 2 aromatic rings. The van der Waals surface area contributed by atoms with Gasteiger partial charge in [0.1, 0.15) is 12.2 Å². The van der Waals surface area contributed by atoms with Gasteiger partial charge in [0, 0.05) is 43.2 Å². The summed E-state index contributed by atoms with van der Waals surface area (Å²) < 4.78 is 0. The van der Waals surface area contributed by atoms with Crippen molar-refractivity contribution in [1.82, 2.24) is 5.01 Å². The van der Waals surface area contributed by atoms with Crippen molar-refractivity contribution in [2.75, 3.05) is 40.9 Å². The number of piperazine rings is 1. The van der Waals surface area contributed by atoms with Crippen LogP contribution in [0.25, 0.3) is 0 Å². The first kappa shape index (κ1) is 21.3. The SMILES string of the molecule is C=C1N(c2ccc(N3CCN(c4ccc(CC)cc4)CC3)cc2)C=NN1C(CC)CC. The molecule has 0 atom stereocenters. The van der Waals surface area contributed by atoms with Crippen molar-refractivity contribution in [1.29, 1.82) is 0 Å². The summed E-state index contributed by atoms with van der Waals surface area (Å²) in [6.07, 6.45) is 5.11. The minimum Gasteiger partial charge on any atom is -0.368 e. The first-order chi connectivity index (χ1) is 15.1. The van der Waals surface area contributed by atoms with Gasteiger partial charge in [0.2, 0.25) is 0 Å². The van der Waals surface area contributed by atoms with Crippen molar-refractivity contribution < 1.29 is 0 Å². The number of aryl methyl sites for hydroxylation is 1. The Morgan fingerprint density at radius 3 is 1.74 bits per heavy atom. The van der Waals surface area contributed by atoms with E-state index in [0.29, 0.717) is 6.04 Å². The Labute approximate surface area is 187 Å². The molecular formula is C26H35N5. The first-order valence-corrected chi connectivity index (χ1v) is 11.6. The quantitative estimate of drug-likeness (QED) is 0.610. The van der Waals surface area contributed by atoms with Gasteiger partial charge in [-0.25, -0.2) is 5.01 Å². The van der Waals surface area contributed by atoms with Crippen LogP contribution >= 0.6 is 0 Å². The maximum Gasteiger partial charge on any atom is 0.128 e. The molecule has 0 N–H and O–H groups in total. The third-order valence-corrected chi connectivity index (χ3v) is 6.60. The van der Waals surface area contributed by atoms with Gasteiger partial charge in [-0.05, 0) is 61.2 Å². The Kier molecular flexibility index (Phi) is 6.50. The van der Waals surface area contributed by atoms with E-state index in [-0.39, 0.29) is 0 Å². The van der Waals surface area contributed by atoms with Crippen LogP contribution in [0.15, 0.2) is 66.0 Å². The van der Waals surface area contributed by atoms with Crippen molar-refractivity contribution >= 4 is 23.4 Å². The predicted molar refractivity (Wildman–Crippen MR) is 133 cm³/mol. The van der Waals surface area contributed by atoms with E-state index < -0.39 is 0 Å². The highest BCUT2D eigenvalue weighted by Crippen LogP contribution is 2.29.